The average Bonchev–Trinajstić information content (AvgIpc) is 3.14. The van der Waals surface area contributed by atoms with Crippen molar-refractivity contribution in [2.75, 3.05) is 19.8 Å². The number of hydrogen-bond acceptors (Lipinski definition) is 5. The van der Waals surface area contributed by atoms with E-state index in [1.54, 1.807) is 0 Å². The minimum Gasteiger partial charge on any atom is -0.462 e. The molecule has 0 rings (SSSR count). The normalized spacial score (nSPS) is 13.1. The predicted molar refractivity (Wildman–Crippen MR) is 223 cm³/mol. The van der Waals surface area contributed by atoms with Gasteiger partial charge >= 0.3 is 11.9 Å². The van der Waals surface area contributed by atoms with Crippen molar-refractivity contribution in [3.8, 4) is 0 Å². The highest BCUT2D eigenvalue weighted by molar-refractivity contribution is 5.70. The molecule has 5 nitrogen and oxygen atoms in total. The smallest absolute Gasteiger partial charge is 0.306 e. The molecular formula is C47H78O5. The van der Waals surface area contributed by atoms with Crippen LogP contribution >= 0.6 is 0 Å². The standard InChI is InChI=1S/C47H78O5/c1-4-7-10-13-15-17-19-21-23-24-25-26-28-30-32-35-37-40-46(48)51-44-45(52-47(49)41-38-34-12-9-6-3)43-50-42-39-36-33-31-29-27-22-20-18-16-14-11-8-5-2/h7-8,10-11,15-18,21-23,25-27,45H,4-6,9,12-14,19-20,24,28-44H2,1-3H3/b10-7-,11-8-,17-15-,18-16-,23-21-,26-25-,27-22-. The Morgan fingerprint density at radius 3 is 1.37 bits per heavy atom. The number of carbonyl (C=O) groups excluding carboxylic acids is 2. The number of hydrogen-bond donors (Lipinski definition) is 0. The van der Waals surface area contributed by atoms with Gasteiger partial charge in [0.05, 0.1) is 6.61 Å². The Kier molecular flexibility index (Phi) is 40.1. The number of allylic oxidation sites excluding steroid dienone is 14. The molecule has 0 heterocycles. The second-order valence-electron chi connectivity index (χ2n) is 13.5. The molecule has 0 aliphatic heterocycles. The summed E-state index contributed by atoms with van der Waals surface area (Å²) in [5.74, 6) is -0.458. The first kappa shape index (κ1) is 49.1. The summed E-state index contributed by atoms with van der Waals surface area (Å²) in [5.41, 5.74) is 0. The molecule has 296 valence electrons. The van der Waals surface area contributed by atoms with Gasteiger partial charge in [-0.2, -0.15) is 0 Å². The van der Waals surface area contributed by atoms with E-state index in [2.05, 4.69) is 106 Å². The molecule has 0 spiro atoms. The van der Waals surface area contributed by atoms with Gasteiger partial charge < -0.3 is 14.2 Å². The van der Waals surface area contributed by atoms with Crippen molar-refractivity contribution in [1.29, 1.82) is 0 Å². The second-order valence-corrected chi connectivity index (χ2v) is 13.5. The first-order chi connectivity index (χ1) is 25.6. The Morgan fingerprint density at radius 1 is 0.442 bits per heavy atom. The Labute approximate surface area is 320 Å². The molecule has 0 bridgehead atoms. The first-order valence-corrected chi connectivity index (χ1v) is 21.1. The van der Waals surface area contributed by atoms with Gasteiger partial charge in [-0.25, -0.2) is 0 Å². The summed E-state index contributed by atoms with van der Waals surface area (Å²) in [5, 5.41) is 0. The van der Waals surface area contributed by atoms with Gasteiger partial charge in [-0.1, -0.05) is 157 Å². The fourth-order valence-corrected chi connectivity index (χ4v) is 5.34. The monoisotopic (exact) mass is 723 g/mol. The Balaban J connectivity index is 4.18. The third-order valence-electron chi connectivity index (χ3n) is 8.43. The summed E-state index contributed by atoms with van der Waals surface area (Å²) in [6.07, 6.45) is 54.6. The molecule has 0 fully saturated rings. The van der Waals surface area contributed by atoms with Crippen LogP contribution in [0.1, 0.15) is 175 Å². The Morgan fingerprint density at radius 2 is 0.865 bits per heavy atom. The van der Waals surface area contributed by atoms with E-state index in [4.69, 9.17) is 14.2 Å². The van der Waals surface area contributed by atoms with E-state index in [9.17, 15) is 9.59 Å². The van der Waals surface area contributed by atoms with Gasteiger partial charge in [0, 0.05) is 19.4 Å². The van der Waals surface area contributed by atoms with Crippen molar-refractivity contribution >= 4 is 11.9 Å². The van der Waals surface area contributed by atoms with Gasteiger partial charge in [0.15, 0.2) is 6.10 Å². The minimum absolute atomic E-state index is 0.0587. The quantitative estimate of drug-likeness (QED) is 0.0363. The highest BCUT2D eigenvalue weighted by Crippen LogP contribution is 2.11. The third-order valence-corrected chi connectivity index (χ3v) is 8.43. The predicted octanol–water partition coefficient (Wildman–Crippen LogP) is 13.8. The summed E-state index contributed by atoms with van der Waals surface area (Å²) >= 11 is 0. The molecule has 0 amide bonds. The number of ether oxygens (including phenoxy) is 3. The summed E-state index contributed by atoms with van der Waals surface area (Å²) in [6, 6.07) is 0. The van der Waals surface area contributed by atoms with Crippen molar-refractivity contribution in [2.24, 2.45) is 0 Å². The van der Waals surface area contributed by atoms with Gasteiger partial charge in [-0.05, 0) is 89.9 Å². The van der Waals surface area contributed by atoms with Crippen molar-refractivity contribution in [3.05, 3.63) is 85.1 Å². The topological polar surface area (TPSA) is 61.8 Å². The third kappa shape index (κ3) is 39.9. The van der Waals surface area contributed by atoms with E-state index in [0.29, 0.717) is 19.4 Å². The molecule has 1 unspecified atom stereocenters. The molecule has 1 atom stereocenters. The molecule has 0 aromatic heterocycles. The SMILES string of the molecule is CC/C=C\C/C=C\C/C=C\C/C=C\CCCCCCC(=O)OCC(COCCCCCC/C=C\C/C=C\C/C=C\CC)OC(=O)CCCCCCC. The van der Waals surface area contributed by atoms with Crippen LogP contribution in [0, 0.1) is 0 Å². The zero-order chi connectivity index (χ0) is 37.8. The Hall–Kier alpha value is -2.92. The second kappa shape index (κ2) is 42.5. The van der Waals surface area contributed by atoms with Crippen LogP contribution in [0.3, 0.4) is 0 Å². The van der Waals surface area contributed by atoms with Crippen LogP contribution < -0.4 is 0 Å². The van der Waals surface area contributed by atoms with Crippen molar-refractivity contribution in [2.45, 2.75) is 181 Å². The van der Waals surface area contributed by atoms with E-state index in [-0.39, 0.29) is 25.2 Å². The molecule has 0 saturated carbocycles. The van der Waals surface area contributed by atoms with Gasteiger partial charge in [-0.15, -0.1) is 0 Å². The van der Waals surface area contributed by atoms with Crippen LogP contribution in [0.25, 0.3) is 0 Å². The summed E-state index contributed by atoms with van der Waals surface area (Å²) < 4.78 is 17.1. The maximum absolute atomic E-state index is 12.5. The first-order valence-electron chi connectivity index (χ1n) is 21.1. The van der Waals surface area contributed by atoms with Gasteiger partial charge in [-0.3, -0.25) is 9.59 Å². The van der Waals surface area contributed by atoms with Crippen LogP contribution in [-0.2, 0) is 23.8 Å². The van der Waals surface area contributed by atoms with Gasteiger partial charge in [0.2, 0.25) is 0 Å². The average molecular weight is 723 g/mol. The molecule has 0 aliphatic rings. The molecule has 0 saturated heterocycles. The minimum atomic E-state index is -0.556. The maximum Gasteiger partial charge on any atom is 0.306 e. The maximum atomic E-state index is 12.5. The zero-order valence-electron chi connectivity index (χ0n) is 33.8. The molecule has 0 aromatic rings. The van der Waals surface area contributed by atoms with Crippen LogP contribution in [0.5, 0.6) is 0 Å². The number of esters is 2. The lowest BCUT2D eigenvalue weighted by atomic mass is 10.1. The molecular weight excluding hydrogens is 645 g/mol. The molecule has 0 N–H and O–H groups in total. The van der Waals surface area contributed by atoms with Gasteiger partial charge in [0.25, 0.3) is 0 Å². The molecule has 0 radical (unpaired) electrons. The number of rotatable bonds is 37. The lowest BCUT2D eigenvalue weighted by Crippen LogP contribution is -2.30. The van der Waals surface area contributed by atoms with Crippen LogP contribution in [0.15, 0.2) is 85.1 Å². The van der Waals surface area contributed by atoms with Crippen molar-refractivity contribution < 1.29 is 23.8 Å². The summed E-state index contributed by atoms with van der Waals surface area (Å²) in [4.78, 5) is 25.0. The number of carbonyl (C=O) groups is 2. The van der Waals surface area contributed by atoms with Crippen molar-refractivity contribution in [3.63, 3.8) is 0 Å². The molecule has 5 heteroatoms. The van der Waals surface area contributed by atoms with Crippen molar-refractivity contribution in [1.82, 2.24) is 0 Å². The van der Waals surface area contributed by atoms with E-state index in [1.165, 1.54) is 25.7 Å². The lowest BCUT2D eigenvalue weighted by molar-refractivity contribution is -0.163. The molecule has 52 heavy (non-hydrogen) atoms. The summed E-state index contributed by atoms with van der Waals surface area (Å²) in [7, 11) is 0. The number of unbranched alkanes of at least 4 members (excludes halogenated alkanes) is 12. The van der Waals surface area contributed by atoms with E-state index < -0.39 is 6.10 Å². The fourth-order valence-electron chi connectivity index (χ4n) is 5.34. The Bertz CT molecular complexity index is 999. The van der Waals surface area contributed by atoms with E-state index >= 15 is 0 Å². The lowest BCUT2D eigenvalue weighted by Gasteiger charge is -2.18. The summed E-state index contributed by atoms with van der Waals surface area (Å²) in [6.45, 7) is 7.43. The highest BCUT2D eigenvalue weighted by atomic mass is 16.6. The largest absolute Gasteiger partial charge is 0.462 e. The van der Waals surface area contributed by atoms with Crippen LogP contribution in [0.4, 0.5) is 0 Å². The van der Waals surface area contributed by atoms with Crippen LogP contribution in [-0.4, -0.2) is 37.9 Å². The van der Waals surface area contributed by atoms with E-state index in [1.807, 2.05) is 0 Å². The van der Waals surface area contributed by atoms with E-state index in [0.717, 1.165) is 116 Å². The molecule has 0 aromatic carbocycles. The zero-order valence-corrected chi connectivity index (χ0v) is 33.8. The van der Waals surface area contributed by atoms with Crippen LogP contribution in [0.2, 0.25) is 0 Å². The fraction of sp³-hybridized carbons (Fsp3) is 0.660. The highest BCUT2D eigenvalue weighted by Gasteiger charge is 2.17. The molecule has 0 aliphatic carbocycles. The van der Waals surface area contributed by atoms with Gasteiger partial charge in [0.1, 0.15) is 6.61 Å².